The van der Waals surface area contributed by atoms with E-state index in [-0.39, 0.29) is 12.1 Å². The molecule has 1 aliphatic heterocycles. The maximum atomic E-state index is 11.6. The summed E-state index contributed by atoms with van der Waals surface area (Å²) in [5, 5.41) is 6.70. The van der Waals surface area contributed by atoms with Crippen molar-refractivity contribution in [1.29, 1.82) is 0 Å². The van der Waals surface area contributed by atoms with Crippen LogP contribution in [0.1, 0.15) is 32.3 Å². The second-order valence-corrected chi connectivity index (χ2v) is 4.47. The molecule has 4 heteroatoms. The Labute approximate surface area is 107 Å². The first-order valence-electron chi connectivity index (χ1n) is 6.28. The van der Waals surface area contributed by atoms with Gasteiger partial charge in [-0.05, 0) is 18.4 Å². The van der Waals surface area contributed by atoms with E-state index in [1.165, 1.54) is 0 Å². The maximum Gasteiger partial charge on any atom is 0.234 e. The van der Waals surface area contributed by atoms with E-state index in [4.69, 9.17) is 4.84 Å². The maximum absolute atomic E-state index is 11.6. The van der Waals surface area contributed by atoms with Crippen LogP contribution in [0.25, 0.3) is 0 Å². The third kappa shape index (κ3) is 2.10. The smallest absolute Gasteiger partial charge is 0.234 e. The van der Waals surface area contributed by atoms with E-state index in [0.29, 0.717) is 0 Å². The lowest BCUT2D eigenvalue weighted by molar-refractivity contribution is -0.175. The Morgan fingerprint density at radius 1 is 1.33 bits per heavy atom. The van der Waals surface area contributed by atoms with E-state index in [1.807, 2.05) is 44.2 Å². The van der Waals surface area contributed by atoms with Crippen LogP contribution in [0.4, 0.5) is 0 Å². The van der Waals surface area contributed by atoms with Crippen molar-refractivity contribution in [2.75, 3.05) is 0 Å². The van der Waals surface area contributed by atoms with Gasteiger partial charge in [-0.3, -0.25) is 4.79 Å². The molecule has 1 aromatic carbocycles. The molecule has 0 aliphatic carbocycles. The standard InChI is InChI=1S/C14H18N2O2/c1-3-14(4-2)12(17)16-13(14)18-15-10-11-8-6-5-7-9-11/h5-10,13H,3-4H2,1-2H3,(H,16,17)/b15-10+. The molecule has 1 aromatic rings. The van der Waals surface area contributed by atoms with Crippen LogP contribution in [-0.4, -0.2) is 18.3 Å². The Morgan fingerprint density at radius 2 is 2.00 bits per heavy atom. The lowest BCUT2D eigenvalue weighted by Crippen LogP contribution is -2.67. The highest BCUT2D eigenvalue weighted by Gasteiger charge is 2.54. The Balaban J connectivity index is 1.95. The predicted molar refractivity (Wildman–Crippen MR) is 70.1 cm³/mol. The minimum atomic E-state index is -0.409. The van der Waals surface area contributed by atoms with Gasteiger partial charge in [0.2, 0.25) is 12.1 Å². The van der Waals surface area contributed by atoms with E-state index in [2.05, 4.69) is 10.5 Å². The number of β-lactam (4-membered cyclic amide) rings is 1. The summed E-state index contributed by atoms with van der Waals surface area (Å²) >= 11 is 0. The largest absolute Gasteiger partial charge is 0.370 e. The Hall–Kier alpha value is -1.84. The zero-order valence-corrected chi connectivity index (χ0v) is 10.7. The first kappa shape index (κ1) is 12.6. The number of rotatable bonds is 5. The second kappa shape index (κ2) is 5.21. The summed E-state index contributed by atoms with van der Waals surface area (Å²) in [5.74, 6) is 0.0624. The van der Waals surface area contributed by atoms with Crippen LogP contribution in [0.2, 0.25) is 0 Å². The number of oxime groups is 1. The van der Waals surface area contributed by atoms with Crippen molar-refractivity contribution in [3.63, 3.8) is 0 Å². The van der Waals surface area contributed by atoms with Gasteiger partial charge in [0.15, 0.2) is 0 Å². The summed E-state index contributed by atoms with van der Waals surface area (Å²) in [6.07, 6.45) is 2.88. The van der Waals surface area contributed by atoms with E-state index < -0.39 is 5.41 Å². The Kier molecular flexibility index (Phi) is 3.65. The topological polar surface area (TPSA) is 50.7 Å². The van der Waals surface area contributed by atoms with Gasteiger partial charge in [-0.15, -0.1) is 0 Å². The normalized spacial score (nSPS) is 21.4. The van der Waals surface area contributed by atoms with Crippen LogP contribution in [0.3, 0.4) is 0 Å². The molecule has 0 radical (unpaired) electrons. The number of amides is 1. The van der Waals surface area contributed by atoms with Crippen LogP contribution in [-0.2, 0) is 9.63 Å². The molecule has 1 heterocycles. The molecule has 1 atom stereocenters. The summed E-state index contributed by atoms with van der Waals surface area (Å²) in [6.45, 7) is 4.00. The number of nitrogens with zero attached hydrogens (tertiary/aromatic N) is 1. The molecule has 0 saturated carbocycles. The molecule has 1 unspecified atom stereocenters. The molecule has 1 N–H and O–H groups in total. The molecule has 0 bridgehead atoms. The van der Waals surface area contributed by atoms with Crippen LogP contribution < -0.4 is 5.32 Å². The summed E-state index contributed by atoms with van der Waals surface area (Å²) in [4.78, 5) is 17.0. The molecule has 1 fully saturated rings. The van der Waals surface area contributed by atoms with Gasteiger partial charge in [0.1, 0.15) is 5.41 Å². The van der Waals surface area contributed by atoms with Crippen molar-refractivity contribution in [3.05, 3.63) is 35.9 Å². The fourth-order valence-electron chi connectivity index (χ4n) is 2.20. The molecule has 18 heavy (non-hydrogen) atoms. The first-order valence-corrected chi connectivity index (χ1v) is 6.28. The monoisotopic (exact) mass is 246 g/mol. The fraction of sp³-hybridized carbons (Fsp3) is 0.429. The van der Waals surface area contributed by atoms with Crippen molar-refractivity contribution in [3.8, 4) is 0 Å². The Morgan fingerprint density at radius 3 is 2.56 bits per heavy atom. The SMILES string of the molecule is CCC1(CC)C(=O)NC1O/N=C/c1ccccc1. The summed E-state index contributed by atoms with van der Waals surface area (Å²) in [7, 11) is 0. The highest BCUT2D eigenvalue weighted by Crippen LogP contribution is 2.38. The minimum Gasteiger partial charge on any atom is -0.370 e. The molecule has 1 aliphatic rings. The van der Waals surface area contributed by atoms with Crippen LogP contribution in [0, 0.1) is 5.41 Å². The lowest BCUT2D eigenvalue weighted by atomic mass is 9.74. The van der Waals surface area contributed by atoms with Crippen LogP contribution in [0.5, 0.6) is 0 Å². The molecule has 1 saturated heterocycles. The molecular formula is C14H18N2O2. The molecule has 1 amide bonds. The quantitative estimate of drug-likeness (QED) is 0.492. The van der Waals surface area contributed by atoms with Crippen molar-refractivity contribution < 1.29 is 9.63 Å². The number of benzene rings is 1. The summed E-state index contributed by atoms with van der Waals surface area (Å²) in [5.41, 5.74) is 0.565. The lowest BCUT2D eigenvalue weighted by Gasteiger charge is -2.45. The third-order valence-corrected chi connectivity index (χ3v) is 3.65. The minimum absolute atomic E-state index is 0.0624. The second-order valence-electron chi connectivity index (χ2n) is 4.47. The van der Waals surface area contributed by atoms with Gasteiger partial charge in [0.25, 0.3) is 0 Å². The number of hydrogen-bond donors (Lipinski definition) is 1. The van der Waals surface area contributed by atoms with Gasteiger partial charge in [0, 0.05) is 0 Å². The van der Waals surface area contributed by atoms with Gasteiger partial charge in [-0.2, -0.15) is 0 Å². The predicted octanol–water partition coefficient (Wildman–Crippen LogP) is 2.30. The van der Waals surface area contributed by atoms with Crippen molar-refractivity contribution in [2.45, 2.75) is 32.9 Å². The summed E-state index contributed by atoms with van der Waals surface area (Å²) < 4.78 is 0. The van der Waals surface area contributed by atoms with E-state index in [9.17, 15) is 4.79 Å². The highest BCUT2D eigenvalue weighted by molar-refractivity contribution is 5.89. The van der Waals surface area contributed by atoms with Crippen molar-refractivity contribution in [2.24, 2.45) is 10.6 Å². The van der Waals surface area contributed by atoms with Gasteiger partial charge >= 0.3 is 0 Å². The molecule has 4 nitrogen and oxygen atoms in total. The molecule has 0 spiro atoms. The number of carbonyl (C=O) groups is 1. The number of carbonyl (C=O) groups excluding carboxylic acids is 1. The fourth-order valence-corrected chi connectivity index (χ4v) is 2.20. The van der Waals surface area contributed by atoms with Crippen LogP contribution >= 0.6 is 0 Å². The van der Waals surface area contributed by atoms with E-state index >= 15 is 0 Å². The first-order chi connectivity index (χ1) is 8.73. The molecule has 2 rings (SSSR count). The van der Waals surface area contributed by atoms with Crippen molar-refractivity contribution >= 4 is 12.1 Å². The van der Waals surface area contributed by atoms with Gasteiger partial charge < -0.3 is 10.2 Å². The summed E-state index contributed by atoms with van der Waals surface area (Å²) in [6, 6.07) is 9.71. The van der Waals surface area contributed by atoms with E-state index in [1.54, 1.807) is 6.21 Å². The molecule has 0 aromatic heterocycles. The molecule has 96 valence electrons. The zero-order chi connectivity index (χ0) is 13.0. The average Bonchev–Trinajstić information content (AvgIpc) is 2.40. The van der Waals surface area contributed by atoms with Gasteiger partial charge in [0.05, 0.1) is 6.21 Å². The number of nitrogens with one attached hydrogen (secondary N) is 1. The van der Waals surface area contributed by atoms with Gasteiger partial charge in [-0.25, -0.2) is 0 Å². The van der Waals surface area contributed by atoms with Gasteiger partial charge in [-0.1, -0.05) is 49.3 Å². The van der Waals surface area contributed by atoms with Crippen molar-refractivity contribution in [1.82, 2.24) is 5.32 Å². The zero-order valence-electron chi connectivity index (χ0n) is 10.7. The third-order valence-electron chi connectivity index (χ3n) is 3.65. The van der Waals surface area contributed by atoms with E-state index in [0.717, 1.165) is 18.4 Å². The number of hydrogen-bond acceptors (Lipinski definition) is 3. The van der Waals surface area contributed by atoms with Crippen LogP contribution in [0.15, 0.2) is 35.5 Å². The average molecular weight is 246 g/mol. The highest BCUT2D eigenvalue weighted by atomic mass is 16.7. The Bertz CT molecular complexity index is 438. The molecular weight excluding hydrogens is 228 g/mol.